The van der Waals surface area contributed by atoms with Crippen LogP contribution in [0.3, 0.4) is 0 Å². The largest absolute Gasteiger partial charge is 0.379 e. The molecule has 0 radical (unpaired) electrons. The van der Waals surface area contributed by atoms with Gasteiger partial charge in [-0.3, -0.25) is 9.30 Å². The molecule has 1 aliphatic rings. The Morgan fingerprint density at radius 3 is 2.50 bits per heavy atom. The molecular formula is C25H29FN6OS. The van der Waals surface area contributed by atoms with E-state index in [1.54, 1.807) is 23.5 Å². The molecule has 1 N–H and O–H groups in total. The van der Waals surface area contributed by atoms with Crippen LogP contribution in [0.2, 0.25) is 0 Å². The van der Waals surface area contributed by atoms with Gasteiger partial charge in [-0.15, -0.1) is 11.3 Å². The predicted octanol–water partition coefficient (Wildman–Crippen LogP) is 4.39. The molecule has 1 aliphatic heterocycles. The number of imidazole rings is 1. The number of aliphatic hydroxyl groups is 1. The fraction of sp³-hybridized carbons (Fsp3) is 0.360. The molecule has 1 saturated heterocycles. The summed E-state index contributed by atoms with van der Waals surface area (Å²) in [6, 6.07) is 10.6. The number of aliphatic hydroxyl groups excluding tert-OH is 1. The molecule has 4 aromatic rings. The lowest BCUT2D eigenvalue weighted by Gasteiger charge is -2.37. The molecule has 0 amide bonds. The number of thiazole rings is 1. The number of nitrogens with zero attached hydrogens (tertiary/aromatic N) is 6. The van der Waals surface area contributed by atoms with E-state index in [0.717, 1.165) is 71.8 Å². The highest BCUT2D eigenvalue weighted by atomic mass is 32.1. The molecule has 7 nitrogen and oxygen atoms in total. The lowest BCUT2D eigenvalue weighted by molar-refractivity contribution is 0.0153. The first-order chi connectivity index (χ1) is 16.4. The van der Waals surface area contributed by atoms with Crippen LogP contribution in [0.25, 0.3) is 16.9 Å². The van der Waals surface area contributed by atoms with Crippen LogP contribution in [0.4, 0.5) is 21.0 Å². The number of fused-ring (bicyclic) bond motifs is 1. The van der Waals surface area contributed by atoms with Crippen LogP contribution < -0.4 is 9.80 Å². The third-order valence-electron chi connectivity index (χ3n) is 6.43. The number of benzene rings is 1. The maximum Gasteiger partial charge on any atom is 0.191 e. The van der Waals surface area contributed by atoms with Gasteiger partial charge in [0, 0.05) is 50.4 Å². The zero-order chi connectivity index (χ0) is 23.8. The van der Waals surface area contributed by atoms with Crippen molar-refractivity contribution in [1.82, 2.24) is 19.3 Å². The number of halogens is 1. The summed E-state index contributed by atoms with van der Waals surface area (Å²) in [6.07, 6.45) is 2.54. The van der Waals surface area contributed by atoms with Crippen LogP contribution in [-0.4, -0.2) is 63.8 Å². The number of anilines is 3. The van der Waals surface area contributed by atoms with E-state index in [2.05, 4.69) is 44.4 Å². The van der Waals surface area contributed by atoms with Crippen LogP contribution >= 0.6 is 11.3 Å². The van der Waals surface area contributed by atoms with Crippen molar-refractivity contribution in [2.45, 2.75) is 26.5 Å². The molecule has 1 atom stereocenters. The highest BCUT2D eigenvalue weighted by molar-refractivity contribution is 7.14. The monoisotopic (exact) mass is 480 g/mol. The Hall–Kier alpha value is -3.01. The average molecular weight is 481 g/mol. The third kappa shape index (κ3) is 4.26. The van der Waals surface area contributed by atoms with E-state index >= 15 is 0 Å². The Labute approximate surface area is 202 Å². The van der Waals surface area contributed by atoms with E-state index < -0.39 is 6.23 Å². The molecule has 178 valence electrons. The maximum absolute atomic E-state index is 13.3. The number of rotatable bonds is 6. The number of hydrogen-bond donors (Lipinski definition) is 1. The Kier molecular flexibility index (Phi) is 6.24. The molecule has 1 fully saturated rings. The summed E-state index contributed by atoms with van der Waals surface area (Å²) >= 11 is 1.56. The van der Waals surface area contributed by atoms with E-state index in [1.807, 2.05) is 19.4 Å². The van der Waals surface area contributed by atoms with E-state index in [0.29, 0.717) is 0 Å². The highest BCUT2D eigenvalue weighted by Crippen LogP contribution is 2.34. The van der Waals surface area contributed by atoms with Crippen LogP contribution in [0.1, 0.15) is 19.5 Å². The van der Waals surface area contributed by atoms with Crippen LogP contribution in [-0.2, 0) is 6.42 Å². The molecular weight excluding hydrogens is 451 g/mol. The summed E-state index contributed by atoms with van der Waals surface area (Å²) in [5.41, 5.74) is 4.77. The molecule has 5 rings (SSSR count). The fourth-order valence-corrected chi connectivity index (χ4v) is 5.27. The molecule has 3 aromatic heterocycles. The molecule has 4 heterocycles. The van der Waals surface area contributed by atoms with Gasteiger partial charge < -0.3 is 14.9 Å². The molecule has 0 bridgehead atoms. The van der Waals surface area contributed by atoms with Gasteiger partial charge in [-0.25, -0.2) is 14.4 Å². The summed E-state index contributed by atoms with van der Waals surface area (Å²) < 4.78 is 15.5. The average Bonchev–Trinajstić information content (AvgIpc) is 3.49. The van der Waals surface area contributed by atoms with Gasteiger partial charge in [-0.05, 0) is 49.7 Å². The highest BCUT2D eigenvalue weighted by Gasteiger charge is 2.23. The SMILES string of the molecule is CCc1nc2ccc(N3CCN(C(C)O)CC3)cn2c1N(C)c1nc(-c2ccc(F)cc2)cs1. The van der Waals surface area contributed by atoms with Crippen molar-refractivity contribution in [3.05, 3.63) is 59.5 Å². The van der Waals surface area contributed by atoms with Crippen LogP contribution in [0, 0.1) is 5.82 Å². The number of piperazine rings is 1. The minimum absolute atomic E-state index is 0.252. The standard InChI is InChI=1S/C25H29FN6OS/c1-4-21-24(29(3)25-28-22(16-34-25)18-5-7-19(26)8-6-18)32-15-20(9-10-23(32)27-21)31-13-11-30(12-14-31)17(2)33/h5-10,15-17,33H,4,11-14H2,1-3H3. The van der Waals surface area contributed by atoms with E-state index in [-0.39, 0.29) is 5.82 Å². The Bertz CT molecular complexity index is 1280. The second-order valence-corrected chi connectivity index (χ2v) is 9.42. The molecule has 9 heteroatoms. The van der Waals surface area contributed by atoms with Gasteiger partial charge in [0.25, 0.3) is 0 Å². The smallest absolute Gasteiger partial charge is 0.191 e. The van der Waals surface area contributed by atoms with E-state index in [4.69, 9.17) is 9.97 Å². The first-order valence-electron chi connectivity index (χ1n) is 11.6. The topological polar surface area (TPSA) is 60.1 Å². The summed E-state index contributed by atoms with van der Waals surface area (Å²) in [6.45, 7) is 7.33. The first kappa shape index (κ1) is 22.8. The fourth-order valence-electron chi connectivity index (χ4n) is 4.47. The quantitative estimate of drug-likeness (QED) is 0.442. The van der Waals surface area contributed by atoms with Crippen molar-refractivity contribution in [2.24, 2.45) is 0 Å². The van der Waals surface area contributed by atoms with Gasteiger partial charge in [-0.2, -0.15) is 0 Å². The zero-order valence-corrected chi connectivity index (χ0v) is 20.5. The summed E-state index contributed by atoms with van der Waals surface area (Å²) in [7, 11) is 2.02. The van der Waals surface area contributed by atoms with Crippen molar-refractivity contribution >= 4 is 33.6 Å². The van der Waals surface area contributed by atoms with Gasteiger partial charge in [0.1, 0.15) is 23.5 Å². The van der Waals surface area contributed by atoms with Gasteiger partial charge in [-0.1, -0.05) is 6.92 Å². The zero-order valence-electron chi connectivity index (χ0n) is 19.6. The van der Waals surface area contributed by atoms with Gasteiger partial charge in [0.05, 0.1) is 17.1 Å². The second-order valence-electron chi connectivity index (χ2n) is 8.59. The van der Waals surface area contributed by atoms with Crippen molar-refractivity contribution in [1.29, 1.82) is 0 Å². The Balaban J connectivity index is 1.46. The second kappa shape index (κ2) is 9.32. The molecule has 0 spiro atoms. The van der Waals surface area contributed by atoms with Crippen LogP contribution in [0.15, 0.2) is 48.0 Å². The van der Waals surface area contributed by atoms with Crippen molar-refractivity contribution in [3.8, 4) is 11.3 Å². The maximum atomic E-state index is 13.3. The van der Waals surface area contributed by atoms with Crippen molar-refractivity contribution < 1.29 is 9.50 Å². The van der Waals surface area contributed by atoms with Crippen molar-refractivity contribution in [2.75, 3.05) is 43.0 Å². The summed E-state index contributed by atoms with van der Waals surface area (Å²) in [5.74, 6) is 0.750. The number of aryl methyl sites for hydroxylation is 1. The molecule has 0 aliphatic carbocycles. The Morgan fingerprint density at radius 2 is 1.82 bits per heavy atom. The van der Waals surface area contributed by atoms with E-state index in [9.17, 15) is 9.50 Å². The molecule has 1 aromatic carbocycles. The van der Waals surface area contributed by atoms with Crippen LogP contribution in [0.5, 0.6) is 0 Å². The summed E-state index contributed by atoms with van der Waals surface area (Å²) in [5, 5.41) is 12.7. The number of hydrogen-bond acceptors (Lipinski definition) is 7. The summed E-state index contributed by atoms with van der Waals surface area (Å²) in [4.78, 5) is 16.2. The lowest BCUT2D eigenvalue weighted by Crippen LogP contribution is -2.49. The predicted molar refractivity (Wildman–Crippen MR) is 136 cm³/mol. The minimum Gasteiger partial charge on any atom is -0.379 e. The molecule has 1 unspecified atom stereocenters. The lowest BCUT2D eigenvalue weighted by atomic mass is 10.2. The van der Waals surface area contributed by atoms with Gasteiger partial charge >= 0.3 is 0 Å². The molecule has 0 saturated carbocycles. The number of pyridine rings is 1. The first-order valence-corrected chi connectivity index (χ1v) is 12.5. The third-order valence-corrected chi connectivity index (χ3v) is 7.34. The molecule has 34 heavy (non-hydrogen) atoms. The van der Waals surface area contributed by atoms with E-state index in [1.165, 1.54) is 12.1 Å². The normalized spacial score (nSPS) is 15.7. The van der Waals surface area contributed by atoms with Crippen molar-refractivity contribution in [3.63, 3.8) is 0 Å². The van der Waals surface area contributed by atoms with Gasteiger partial charge in [0.15, 0.2) is 5.13 Å². The number of aromatic nitrogens is 3. The van der Waals surface area contributed by atoms with Gasteiger partial charge in [0.2, 0.25) is 0 Å². The minimum atomic E-state index is -0.413. The Morgan fingerprint density at radius 1 is 1.09 bits per heavy atom.